The molecular formula is C21H26F5N5O. The fourth-order valence-corrected chi connectivity index (χ4v) is 4.95. The number of imidazole rings is 1. The first-order chi connectivity index (χ1) is 15.0. The number of carbonyl (C=O) groups is 1. The van der Waals surface area contributed by atoms with Crippen molar-refractivity contribution >= 4 is 11.6 Å². The van der Waals surface area contributed by atoms with E-state index in [-0.39, 0.29) is 25.2 Å². The molecule has 3 N–H and O–H groups in total. The summed E-state index contributed by atoms with van der Waals surface area (Å²) < 4.78 is 67.6. The number of hydrogen-bond donors (Lipinski definition) is 2. The first-order valence-electron chi connectivity index (χ1n) is 10.8. The lowest BCUT2D eigenvalue weighted by Gasteiger charge is -2.31. The molecule has 3 heterocycles. The van der Waals surface area contributed by atoms with E-state index in [2.05, 4.69) is 15.4 Å². The minimum Gasteiger partial charge on any atom is -0.344 e. The zero-order valence-electron chi connectivity index (χ0n) is 17.6. The Morgan fingerprint density at radius 3 is 2.59 bits per heavy atom. The number of halogens is 5. The highest BCUT2D eigenvalue weighted by Gasteiger charge is 2.49. The van der Waals surface area contributed by atoms with Crippen LogP contribution in [0.25, 0.3) is 5.65 Å². The van der Waals surface area contributed by atoms with Crippen LogP contribution >= 0.6 is 0 Å². The summed E-state index contributed by atoms with van der Waals surface area (Å²) in [6, 6.07) is -0.642. The Labute approximate surface area is 181 Å². The van der Waals surface area contributed by atoms with Crippen molar-refractivity contribution in [3.8, 4) is 0 Å². The number of nitrogens with two attached hydrogens (primary N) is 1. The van der Waals surface area contributed by atoms with E-state index in [9.17, 15) is 26.7 Å². The molecule has 2 fully saturated rings. The van der Waals surface area contributed by atoms with Crippen LogP contribution in [0.15, 0.2) is 18.5 Å². The molecule has 176 valence electrons. The molecule has 4 atom stereocenters. The summed E-state index contributed by atoms with van der Waals surface area (Å²) in [5.74, 6) is -4.60. The van der Waals surface area contributed by atoms with Gasteiger partial charge in [-0.2, -0.15) is 18.3 Å². The van der Waals surface area contributed by atoms with Gasteiger partial charge in [0.2, 0.25) is 11.8 Å². The van der Waals surface area contributed by atoms with Crippen molar-refractivity contribution < 1.29 is 26.7 Å². The number of aromatic nitrogens is 3. The summed E-state index contributed by atoms with van der Waals surface area (Å²) >= 11 is 0. The molecule has 2 aliphatic rings. The van der Waals surface area contributed by atoms with Crippen molar-refractivity contribution in [1.82, 2.24) is 19.9 Å². The van der Waals surface area contributed by atoms with Gasteiger partial charge < -0.3 is 11.1 Å². The van der Waals surface area contributed by atoms with Gasteiger partial charge in [0, 0.05) is 18.8 Å². The topological polar surface area (TPSA) is 85.3 Å². The van der Waals surface area contributed by atoms with E-state index >= 15 is 0 Å². The molecule has 1 aliphatic heterocycles. The highest BCUT2D eigenvalue weighted by molar-refractivity contribution is 5.82. The van der Waals surface area contributed by atoms with Gasteiger partial charge in [-0.3, -0.25) is 4.79 Å². The molecule has 0 spiro atoms. The smallest absolute Gasteiger partial charge is 0.344 e. The summed E-state index contributed by atoms with van der Waals surface area (Å²) in [5, 5.41) is 6.36. The molecule has 32 heavy (non-hydrogen) atoms. The van der Waals surface area contributed by atoms with Crippen LogP contribution in [0.2, 0.25) is 0 Å². The molecule has 6 nitrogen and oxygen atoms in total. The molecule has 2 aromatic rings. The van der Waals surface area contributed by atoms with E-state index in [1.807, 2.05) is 6.92 Å². The van der Waals surface area contributed by atoms with E-state index in [1.165, 1.54) is 10.7 Å². The van der Waals surface area contributed by atoms with Gasteiger partial charge >= 0.3 is 6.18 Å². The molecule has 0 bridgehead atoms. The third-order valence-corrected chi connectivity index (χ3v) is 6.86. The lowest BCUT2D eigenvalue weighted by Crippen LogP contribution is -2.38. The van der Waals surface area contributed by atoms with Gasteiger partial charge in [-0.1, -0.05) is 6.92 Å². The van der Waals surface area contributed by atoms with Crippen molar-refractivity contribution in [2.45, 2.75) is 75.5 Å². The van der Waals surface area contributed by atoms with Gasteiger partial charge in [-0.15, -0.1) is 0 Å². The van der Waals surface area contributed by atoms with Crippen LogP contribution in [0.5, 0.6) is 0 Å². The van der Waals surface area contributed by atoms with E-state index in [0.717, 1.165) is 0 Å². The Bertz CT molecular complexity index is 981. The van der Waals surface area contributed by atoms with E-state index < -0.39 is 41.9 Å². The van der Waals surface area contributed by atoms with E-state index in [1.54, 1.807) is 12.3 Å². The van der Waals surface area contributed by atoms with Gasteiger partial charge in [0.05, 0.1) is 24.1 Å². The van der Waals surface area contributed by atoms with Crippen LogP contribution < -0.4 is 11.1 Å². The van der Waals surface area contributed by atoms with Crippen LogP contribution in [0, 0.1) is 11.8 Å². The molecule has 1 saturated heterocycles. The maximum absolute atomic E-state index is 13.4. The van der Waals surface area contributed by atoms with Crippen molar-refractivity contribution in [3.05, 3.63) is 29.7 Å². The average molecular weight is 459 g/mol. The molecular weight excluding hydrogens is 433 g/mol. The minimum atomic E-state index is -4.48. The van der Waals surface area contributed by atoms with Gasteiger partial charge in [0.1, 0.15) is 6.04 Å². The Kier molecular flexibility index (Phi) is 5.89. The maximum Gasteiger partial charge on any atom is 0.408 e. The Balaban J connectivity index is 1.54. The maximum atomic E-state index is 13.4. The molecule has 4 rings (SSSR count). The average Bonchev–Trinajstić information content (AvgIpc) is 3.32. The highest BCUT2D eigenvalue weighted by Crippen LogP contribution is 2.41. The van der Waals surface area contributed by atoms with Crippen molar-refractivity contribution in [3.63, 3.8) is 0 Å². The normalized spacial score (nSPS) is 26.3. The van der Waals surface area contributed by atoms with Gasteiger partial charge in [0.25, 0.3) is 0 Å². The quantitative estimate of drug-likeness (QED) is 0.659. The van der Waals surface area contributed by atoms with Crippen LogP contribution in [-0.4, -0.2) is 38.6 Å². The Morgan fingerprint density at radius 1 is 1.31 bits per heavy atom. The molecule has 0 radical (unpaired) electrons. The molecule has 0 aromatic carbocycles. The monoisotopic (exact) mass is 459 g/mol. The summed E-state index contributed by atoms with van der Waals surface area (Å²) in [6.07, 6.45) is -0.906. The SMILES string of the molecule is CCC(c1cnn2cc([C@@H](N)C3CCC(F)(F)CC3)nc2c1)C1C[C@@H](C(F)(F)F)NC1=O. The van der Waals surface area contributed by atoms with Gasteiger partial charge in [-0.25, -0.2) is 18.3 Å². The van der Waals surface area contributed by atoms with E-state index in [0.29, 0.717) is 36.2 Å². The predicted molar refractivity (Wildman–Crippen MR) is 106 cm³/mol. The lowest BCUT2D eigenvalue weighted by molar-refractivity contribution is -0.155. The molecule has 1 aliphatic carbocycles. The summed E-state index contributed by atoms with van der Waals surface area (Å²) in [5.41, 5.74) is 7.94. The van der Waals surface area contributed by atoms with Crippen molar-refractivity contribution in [2.24, 2.45) is 17.6 Å². The molecule has 11 heteroatoms. The standard InChI is InChI=1S/C21H26F5N5O/c1-2-13(14-8-16(21(24,25)26)30-19(14)32)12-7-17-29-15(10-31(17)28-9-12)18(27)11-3-5-20(22,23)6-4-11/h7,9-11,13-14,16,18H,2-6,8,27H2,1H3,(H,30,32)/t13?,14?,16-,18-/m0/s1. The first kappa shape index (κ1) is 22.9. The Morgan fingerprint density at radius 2 is 2.00 bits per heavy atom. The van der Waals surface area contributed by atoms with Crippen molar-refractivity contribution in [2.75, 3.05) is 0 Å². The number of carbonyl (C=O) groups excluding carboxylic acids is 1. The fraction of sp³-hybridized carbons (Fsp3) is 0.667. The fourth-order valence-electron chi connectivity index (χ4n) is 4.95. The third kappa shape index (κ3) is 4.44. The van der Waals surface area contributed by atoms with Gasteiger partial charge in [-0.05, 0) is 49.1 Å². The van der Waals surface area contributed by atoms with Crippen molar-refractivity contribution in [1.29, 1.82) is 0 Å². The zero-order valence-corrected chi connectivity index (χ0v) is 17.6. The third-order valence-electron chi connectivity index (χ3n) is 6.86. The molecule has 1 amide bonds. The summed E-state index contributed by atoms with van der Waals surface area (Å²) in [4.78, 5) is 16.8. The van der Waals surface area contributed by atoms with Crippen LogP contribution in [-0.2, 0) is 4.79 Å². The van der Waals surface area contributed by atoms with Crippen LogP contribution in [0.1, 0.15) is 68.7 Å². The lowest BCUT2D eigenvalue weighted by atomic mass is 9.81. The number of hydrogen-bond acceptors (Lipinski definition) is 4. The number of nitrogens with one attached hydrogen (secondary N) is 1. The minimum absolute atomic E-state index is 0.108. The highest BCUT2D eigenvalue weighted by atomic mass is 19.4. The largest absolute Gasteiger partial charge is 0.408 e. The predicted octanol–water partition coefficient (Wildman–Crippen LogP) is 4.12. The second-order valence-electron chi connectivity index (χ2n) is 8.94. The molecule has 2 unspecified atom stereocenters. The second-order valence-corrected chi connectivity index (χ2v) is 8.94. The molecule has 1 saturated carbocycles. The summed E-state index contributed by atoms with van der Waals surface area (Å²) in [6.45, 7) is 1.81. The number of nitrogens with zero attached hydrogens (tertiary/aromatic N) is 3. The number of rotatable bonds is 5. The number of fused-ring (bicyclic) bond motifs is 1. The Hall–Kier alpha value is -2.30. The summed E-state index contributed by atoms with van der Waals surface area (Å²) in [7, 11) is 0. The van der Waals surface area contributed by atoms with Gasteiger partial charge in [0.15, 0.2) is 5.65 Å². The molecule has 2 aromatic heterocycles. The first-order valence-corrected chi connectivity index (χ1v) is 10.8. The van der Waals surface area contributed by atoms with Crippen LogP contribution in [0.4, 0.5) is 22.0 Å². The van der Waals surface area contributed by atoms with E-state index in [4.69, 9.17) is 5.73 Å². The van der Waals surface area contributed by atoms with Crippen LogP contribution in [0.3, 0.4) is 0 Å². The number of amides is 1. The second kappa shape index (κ2) is 8.24. The zero-order chi connectivity index (χ0) is 23.3. The number of alkyl halides is 5.